The number of carbonyl (C=O) groups excluding carboxylic acids is 1. The zero-order chi connectivity index (χ0) is 12.7. The Morgan fingerprint density at radius 2 is 2.39 bits per heavy atom. The molecule has 1 saturated heterocycles. The van der Waals surface area contributed by atoms with E-state index < -0.39 is 0 Å². The number of amides is 1. The molecule has 0 N–H and O–H groups in total. The van der Waals surface area contributed by atoms with Gasteiger partial charge in [-0.15, -0.1) is 12.3 Å². The van der Waals surface area contributed by atoms with E-state index in [9.17, 15) is 4.79 Å². The van der Waals surface area contributed by atoms with Crippen LogP contribution in [-0.4, -0.2) is 17.4 Å². The number of fused-ring (bicyclic) bond motifs is 1. The first-order valence-electron chi connectivity index (χ1n) is 5.50. The molecule has 5 heteroatoms. The normalized spacial score (nSPS) is 19.4. The Labute approximate surface area is 113 Å². The van der Waals surface area contributed by atoms with E-state index >= 15 is 0 Å². The van der Waals surface area contributed by atoms with Crippen LogP contribution in [0.4, 0.5) is 5.13 Å². The molecule has 1 aromatic heterocycles. The third kappa shape index (κ3) is 1.86. The first kappa shape index (κ1) is 11.5. The summed E-state index contributed by atoms with van der Waals surface area (Å²) in [5.41, 5.74) is 0.858. The zero-order valence-electron chi connectivity index (χ0n) is 9.39. The second-order valence-corrected chi connectivity index (χ2v) is 5.63. The fraction of sp³-hybridized carbons (Fsp3) is 0.231. The molecule has 0 radical (unpaired) electrons. The van der Waals surface area contributed by atoms with Gasteiger partial charge in [-0.05, 0) is 18.2 Å². The van der Waals surface area contributed by atoms with Crippen molar-refractivity contribution in [2.75, 3.05) is 11.4 Å². The number of anilines is 1. The van der Waals surface area contributed by atoms with Gasteiger partial charge in [0.05, 0.1) is 10.2 Å². The molecule has 1 atom stereocenters. The SMILES string of the molecule is C#CC1CC(=O)N(c2nc3ccc(Cl)cc3s2)C1. The monoisotopic (exact) mass is 276 g/mol. The van der Waals surface area contributed by atoms with E-state index in [0.717, 1.165) is 10.2 Å². The minimum atomic E-state index is -0.00639. The van der Waals surface area contributed by atoms with E-state index in [2.05, 4.69) is 10.9 Å². The number of benzene rings is 1. The third-order valence-electron chi connectivity index (χ3n) is 2.93. The van der Waals surface area contributed by atoms with Crippen LogP contribution in [0.2, 0.25) is 5.02 Å². The van der Waals surface area contributed by atoms with Crippen molar-refractivity contribution in [2.45, 2.75) is 6.42 Å². The molecule has 0 aliphatic carbocycles. The van der Waals surface area contributed by atoms with Gasteiger partial charge in [0.15, 0.2) is 5.13 Å². The summed E-state index contributed by atoms with van der Waals surface area (Å²) in [4.78, 5) is 18.0. The number of hydrogen-bond donors (Lipinski definition) is 0. The Morgan fingerprint density at radius 3 is 3.11 bits per heavy atom. The highest BCUT2D eigenvalue weighted by atomic mass is 35.5. The molecule has 3 rings (SSSR count). The molecule has 1 aromatic carbocycles. The van der Waals surface area contributed by atoms with Gasteiger partial charge in [-0.3, -0.25) is 9.69 Å². The third-order valence-corrected chi connectivity index (χ3v) is 4.21. The molecular formula is C13H9ClN2OS. The van der Waals surface area contributed by atoms with Crippen LogP contribution in [0, 0.1) is 18.3 Å². The molecule has 1 fully saturated rings. The van der Waals surface area contributed by atoms with Crippen LogP contribution in [0.1, 0.15) is 6.42 Å². The topological polar surface area (TPSA) is 33.2 Å². The molecule has 90 valence electrons. The maximum Gasteiger partial charge on any atom is 0.230 e. The number of thiazole rings is 1. The largest absolute Gasteiger partial charge is 0.287 e. The van der Waals surface area contributed by atoms with E-state index in [1.165, 1.54) is 11.3 Å². The van der Waals surface area contributed by atoms with Crippen molar-refractivity contribution in [1.29, 1.82) is 0 Å². The number of rotatable bonds is 1. The van der Waals surface area contributed by atoms with Crippen LogP contribution in [-0.2, 0) is 4.79 Å². The van der Waals surface area contributed by atoms with Crippen LogP contribution >= 0.6 is 22.9 Å². The van der Waals surface area contributed by atoms with Crippen LogP contribution in [0.3, 0.4) is 0 Å². The Hall–Kier alpha value is -1.57. The maximum atomic E-state index is 11.9. The zero-order valence-corrected chi connectivity index (χ0v) is 11.0. The highest BCUT2D eigenvalue weighted by Crippen LogP contribution is 2.33. The van der Waals surface area contributed by atoms with Crippen molar-refractivity contribution in [3.05, 3.63) is 23.2 Å². The van der Waals surface area contributed by atoms with Gasteiger partial charge in [0.25, 0.3) is 0 Å². The van der Waals surface area contributed by atoms with Gasteiger partial charge in [0.2, 0.25) is 5.91 Å². The van der Waals surface area contributed by atoms with Crippen molar-refractivity contribution in [3.63, 3.8) is 0 Å². The minimum Gasteiger partial charge on any atom is -0.287 e. The van der Waals surface area contributed by atoms with Crippen molar-refractivity contribution >= 4 is 44.2 Å². The second kappa shape index (κ2) is 4.27. The van der Waals surface area contributed by atoms with Gasteiger partial charge < -0.3 is 0 Å². The van der Waals surface area contributed by atoms with Crippen molar-refractivity contribution in [1.82, 2.24) is 4.98 Å². The van der Waals surface area contributed by atoms with E-state index in [-0.39, 0.29) is 11.8 Å². The fourth-order valence-corrected chi connectivity index (χ4v) is 3.27. The van der Waals surface area contributed by atoms with Crippen molar-refractivity contribution in [3.8, 4) is 12.3 Å². The van der Waals surface area contributed by atoms with Crippen LogP contribution in [0.15, 0.2) is 18.2 Å². The molecule has 1 amide bonds. The second-order valence-electron chi connectivity index (χ2n) is 4.18. The number of terminal acetylenes is 1. The summed E-state index contributed by atoms with van der Waals surface area (Å²) in [5.74, 6) is 2.67. The molecule has 18 heavy (non-hydrogen) atoms. The molecule has 2 aromatic rings. The van der Waals surface area contributed by atoms with E-state index in [4.69, 9.17) is 18.0 Å². The lowest BCUT2D eigenvalue weighted by atomic mass is 10.1. The number of halogens is 1. The molecule has 3 nitrogen and oxygen atoms in total. The van der Waals surface area contributed by atoms with Gasteiger partial charge in [-0.25, -0.2) is 4.98 Å². The highest BCUT2D eigenvalue weighted by Gasteiger charge is 2.31. The first-order chi connectivity index (χ1) is 8.67. The molecule has 1 aliphatic heterocycles. The Kier molecular flexibility index (Phi) is 2.73. The van der Waals surface area contributed by atoms with Crippen LogP contribution in [0.5, 0.6) is 0 Å². The standard InChI is InChI=1S/C13H9ClN2OS/c1-2-8-5-12(17)16(7-8)13-15-10-4-3-9(14)6-11(10)18-13/h1,3-4,6,8H,5,7H2. The van der Waals surface area contributed by atoms with Gasteiger partial charge in [0.1, 0.15) is 0 Å². The fourth-order valence-electron chi connectivity index (χ4n) is 2.01. The number of hydrogen-bond acceptors (Lipinski definition) is 3. The predicted octanol–water partition coefficient (Wildman–Crippen LogP) is 2.94. The van der Waals surface area contributed by atoms with Gasteiger partial charge in [-0.1, -0.05) is 22.9 Å². The molecule has 1 unspecified atom stereocenters. The number of carbonyl (C=O) groups is 1. The Bertz CT molecular complexity index is 673. The maximum absolute atomic E-state index is 11.9. The average Bonchev–Trinajstić information content (AvgIpc) is 2.91. The number of aromatic nitrogens is 1. The summed E-state index contributed by atoms with van der Waals surface area (Å²) in [5, 5.41) is 1.38. The summed E-state index contributed by atoms with van der Waals surface area (Å²) in [6.45, 7) is 0.558. The summed E-state index contributed by atoms with van der Waals surface area (Å²) in [7, 11) is 0. The van der Waals surface area contributed by atoms with E-state index in [1.54, 1.807) is 11.0 Å². The summed E-state index contributed by atoms with van der Waals surface area (Å²) < 4.78 is 0.981. The molecular weight excluding hydrogens is 268 g/mol. The van der Waals surface area contributed by atoms with E-state index in [1.807, 2.05) is 12.1 Å². The predicted molar refractivity (Wildman–Crippen MR) is 73.9 cm³/mol. The molecule has 0 bridgehead atoms. The highest BCUT2D eigenvalue weighted by molar-refractivity contribution is 7.22. The summed E-state index contributed by atoms with van der Waals surface area (Å²) in [6, 6.07) is 5.51. The Balaban J connectivity index is 2.00. The lowest BCUT2D eigenvalue weighted by molar-refractivity contribution is -0.117. The lowest BCUT2D eigenvalue weighted by Gasteiger charge is -2.10. The average molecular weight is 277 g/mol. The minimum absolute atomic E-state index is 0.00639. The Morgan fingerprint density at radius 1 is 1.56 bits per heavy atom. The quantitative estimate of drug-likeness (QED) is 0.751. The molecule has 0 spiro atoms. The molecule has 1 aliphatic rings. The van der Waals surface area contributed by atoms with Gasteiger partial charge in [-0.2, -0.15) is 0 Å². The van der Waals surface area contributed by atoms with Crippen LogP contribution < -0.4 is 4.90 Å². The molecule has 2 heterocycles. The summed E-state index contributed by atoms with van der Waals surface area (Å²) in [6.07, 6.45) is 5.78. The van der Waals surface area contributed by atoms with E-state index in [0.29, 0.717) is 23.1 Å². The smallest absolute Gasteiger partial charge is 0.230 e. The van der Waals surface area contributed by atoms with Crippen molar-refractivity contribution < 1.29 is 4.79 Å². The lowest BCUT2D eigenvalue weighted by Crippen LogP contribution is -2.24. The van der Waals surface area contributed by atoms with Crippen molar-refractivity contribution in [2.24, 2.45) is 5.92 Å². The van der Waals surface area contributed by atoms with Crippen LogP contribution in [0.25, 0.3) is 10.2 Å². The first-order valence-corrected chi connectivity index (χ1v) is 6.69. The van der Waals surface area contributed by atoms with Gasteiger partial charge >= 0.3 is 0 Å². The van der Waals surface area contributed by atoms with Gasteiger partial charge in [0, 0.05) is 23.9 Å². The summed E-state index contributed by atoms with van der Waals surface area (Å²) >= 11 is 7.40. The number of nitrogens with zero attached hydrogens (tertiary/aromatic N) is 2. The molecule has 0 saturated carbocycles.